The number of ether oxygens (including phenoxy) is 1. The first kappa shape index (κ1) is 22.9. The van der Waals surface area contributed by atoms with E-state index >= 15 is 0 Å². The van der Waals surface area contributed by atoms with Gasteiger partial charge in [-0.25, -0.2) is 14.8 Å². The predicted octanol–water partition coefficient (Wildman–Crippen LogP) is 2.12. The third-order valence-corrected chi connectivity index (χ3v) is 5.81. The number of methoxy groups -OCH3 is 1. The molecule has 0 N–H and O–H groups in total. The molecule has 0 saturated carbocycles. The van der Waals surface area contributed by atoms with Crippen LogP contribution in [0.5, 0.6) is 5.75 Å². The molecule has 10 nitrogen and oxygen atoms in total. The Morgan fingerprint density at radius 2 is 1.56 bits per heavy atom. The lowest BCUT2D eigenvalue weighted by Crippen LogP contribution is -2.34. The van der Waals surface area contributed by atoms with Gasteiger partial charge in [0.15, 0.2) is 16.8 Å². The average molecular weight is 481 g/mol. The van der Waals surface area contributed by atoms with Crippen molar-refractivity contribution in [2.75, 3.05) is 7.11 Å². The Kier molecular flexibility index (Phi) is 6.55. The number of nitrogens with zero attached hydrogens (tertiary/aromatic N) is 3. The SMILES string of the molecule is COC(=O)c1c(OS(=O)(=O)Cc2ccccc2)c2nccnc2n(OCc2ccccc2)c1=O. The van der Waals surface area contributed by atoms with Crippen LogP contribution in [0.2, 0.25) is 0 Å². The zero-order valence-electron chi connectivity index (χ0n) is 18.0. The van der Waals surface area contributed by atoms with E-state index in [4.69, 9.17) is 13.8 Å². The Labute approximate surface area is 194 Å². The number of aromatic nitrogens is 3. The maximum atomic E-state index is 13.3. The van der Waals surface area contributed by atoms with E-state index in [9.17, 15) is 18.0 Å². The first-order valence-corrected chi connectivity index (χ1v) is 11.6. The monoisotopic (exact) mass is 481 g/mol. The van der Waals surface area contributed by atoms with Crippen molar-refractivity contribution in [3.8, 4) is 5.75 Å². The van der Waals surface area contributed by atoms with Gasteiger partial charge in [-0.15, -0.1) is 4.73 Å². The molecule has 0 radical (unpaired) electrons. The molecule has 0 atom stereocenters. The molecular formula is C23H19N3O7S. The molecule has 0 aliphatic heterocycles. The minimum atomic E-state index is -4.29. The summed E-state index contributed by atoms with van der Waals surface area (Å²) in [4.78, 5) is 39.7. The van der Waals surface area contributed by atoms with Crippen molar-refractivity contribution < 1.29 is 27.0 Å². The van der Waals surface area contributed by atoms with Crippen molar-refractivity contribution in [2.24, 2.45) is 0 Å². The summed E-state index contributed by atoms with van der Waals surface area (Å²) in [6, 6.07) is 17.3. The number of carbonyl (C=O) groups is 1. The fourth-order valence-electron chi connectivity index (χ4n) is 3.18. The molecule has 0 unspecified atom stereocenters. The lowest BCUT2D eigenvalue weighted by molar-refractivity contribution is 0.0581. The quantitative estimate of drug-likeness (QED) is 0.275. The first-order chi connectivity index (χ1) is 16.4. The van der Waals surface area contributed by atoms with Crippen molar-refractivity contribution >= 4 is 27.3 Å². The first-order valence-electron chi connectivity index (χ1n) is 10.0. The van der Waals surface area contributed by atoms with E-state index < -0.39 is 38.7 Å². The molecule has 2 aromatic carbocycles. The van der Waals surface area contributed by atoms with Crippen LogP contribution in [0.4, 0.5) is 0 Å². The third-order valence-electron chi connectivity index (χ3n) is 4.70. The zero-order valence-corrected chi connectivity index (χ0v) is 18.8. The van der Waals surface area contributed by atoms with Crippen molar-refractivity contribution in [1.82, 2.24) is 14.7 Å². The molecule has 0 bridgehead atoms. The summed E-state index contributed by atoms with van der Waals surface area (Å²) in [6.07, 6.45) is 2.57. The van der Waals surface area contributed by atoms with E-state index in [2.05, 4.69) is 9.97 Å². The van der Waals surface area contributed by atoms with Crippen molar-refractivity contribution in [3.05, 3.63) is 100 Å². The van der Waals surface area contributed by atoms with Gasteiger partial charge >= 0.3 is 21.6 Å². The number of hydrogen-bond acceptors (Lipinski definition) is 9. The highest BCUT2D eigenvalue weighted by molar-refractivity contribution is 7.86. The number of benzene rings is 2. The van der Waals surface area contributed by atoms with Gasteiger partial charge in [0.1, 0.15) is 12.4 Å². The molecule has 0 saturated heterocycles. The Morgan fingerprint density at radius 3 is 2.21 bits per heavy atom. The number of hydrogen-bond donors (Lipinski definition) is 0. The summed E-state index contributed by atoms with van der Waals surface area (Å²) in [5.74, 6) is -2.18. The molecule has 0 amide bonds. The largest absolute Gasteiger partial charge is 0.465 e. The van der Waals surface area contributed by atoms with Crippen LogP contribution in [0.15, 0.2) is 77.9 Å². The van der Waals surface area contributed by atoms with Gasteiger partial charge in [0.05, 0.1) is 7.11 Å². The van der Waals surface area contributed by atoms with Gasteiger partial charge < -0.3 is 13.8 Å². The molecule has 4 rings (SSSR count). The van der Waals surface area contributed by atoms with Gasteiger partial charge in [-0.2, -0.15) is 8.42 Å². The van der Waals surface area contributed by atoms with E-state index in [1.807, 2.05) is 6.07 Å². The second-order valence-electron chi connectivity index (χ2n) is 7.05. The molecule has 11 heteroatoms. The summed E-state index contributed by atoms with van der Waals surface area (Å²) in [5.41, 5.74) is -0.761. The second-order valence-corrected chi connectivity index (χ2v) is 8.62. The lowest BCUT2D eigenvalue weighted by Gasteiger charge is -2.16. The highest BCUT2D eigenvalue weighted by Gasteiger charge is 2.30. The normalized spacial score (nSPS) is 11.2. The lowest BCUT2D eigenvalue weighted by atomic mass is 10.2. The van der Waals surface area contributed by atoms with Crippen LogP contribution in [-0.2, 0) is 27.2 Å². The summed E-state index contributed by atoms with van der Waals surface area (Å²) in [5, 5.41) is 0. The highest BCUT2D eigenvalue weighted by Crippen LogP contribution is 2.27. The van der Waals surface area contributed by atoms with Crippen LogP contribution >= 0.6 is 0 Å². The van der Waals surface area contributed by atoms with Gasteiger partial charge in [0.2, 0.25) is 5.65 Å². The van der Waals surface area contributed by atoms with E-state index in [-0.39, 0.29) is 17.8 Å². The molecule has 0 aliphatic rings. The van der Waals surface area contributed by atoms with Gasteiger partial charge in [0, 0.05) is 12.4 Å². The van der Waals surface area contributed by atoms with E-state index in [1.54, 1.807) is 54.6 Å². The maximum absolute atomic E-state index is 13.3. The Morgan fingerprint density at radius 1 is 0.941 bits per heavy atom. The summed E-state index contributed by atoms with van der Waals surface area (Å²) in [6.45, 7) is -0.0282. The summed E-state index contributed by atoms with van der Waals surface area (Å²) in [7, 11) is -3.24. The summed E-state index contributed by atoms with van der Waals surface area (Å²) >= 11 is 0. The zero-order chi connectivity index (χ0) is 24.1. The molecule has 174 valence electrons. The van der Waals surface area contributed by atoms with Crippen LogP contribution in [0.1, 0.15) is 21.5 Å². The molecule has 4 aromatic rings. The number of carbonyl (C=O) groups excluding carboxylic acids is 1. The number of esters is 1. The Balaban J connectivity index is 1.83. The van der Waals surface area contributed by atoms with Crippen molar-refractivity contribution in [3.63, 3.8) is 0 Å². The molecule has 34 heavy (non-hydrogen) atoms. The van der Waals surface area contributed by atoms with Crippen LogP contribution in [-0.4, -0.2) is 36.2 Å². The van der Waals surface area contributed by atoms with Crippen molar-refractivity contribution in [1.29, 1.82) is 0 Å². The predicted molar refractivity (Wildman–Crippen MR) is 122 cm³/mol. The fourth-order valence-corrected chi connectivity index (χ4v) is 4.26. The average Bonchev–Trinajstić information content (AvgIpc) is 2.84. The summed E-state index contributed by atoms with van der Waals surface area (Å²) < 4.78 is 36.4. The molecule has 2 aromatic heterocycles. The number of pyridine rings is 1. The molecule has 2 heterocycles. The van der Waals surface area contributed by atoms with E-state index in [0.717, 1.165) is 17.4 Å². The van der Waals surface area contributed by atoms with E-state index in [0.29, 0.717) is 5.56 Å². The standard InChI is InChI=1S/C23H19N3O7S/c1-31-23(28)18-20(33-34(29,30)15-17-10-6-3-7-11-17)19-21(25-13-12-24-19)26(22(18)27)32-14-16-8-4-2-5-9-16/h2-13H,14-15H2,1H3. The van der Waals surface area contributed by atoms with Gasteiger partial charge in [0.25, 0.3) is 0 Å². The van der Waals surface area contributed by atoms with Crippen LogP contribution in [0.3, 0.4) is 0 Å². The number of rotatable bonds is 8. The number of fused-ring (bicyclic) bond motifs is 1. The van der Waals surface area contributed by atoms with Crippen molar-refractivity contribution in [2.45, 2.75) is 12.4 Å². The van der Waals surface area contributed by atoms with Crippen LogP contribution in [0.25, 0.3) is 11.2 Å². The van der Waals surface area contributed by atoms with Gasteiger partial charge in [-0.05, 0) is 11.1 Å². The van der Waals surface area contributed by atoms with Crippen LogP contribution < -0.4 is 14.6 Å². The Hall–Kier alpha value is -4.25. The van der Waals surface area contributed by atoms with Crippen LogP contribution in [0, 0.1) is 0 Å². The smallest absolute Gasteiger partial charge is 0.347 e. The second kappa shape index (κ2) is 9.71. The Bertz CT molecular complexity index is 1490. The molecule has 0 aliphatic carbocycles. The maximum Gasteiger partial charge on any atom is 0.347 e. The molecule has 0 fully saturated rings. The van der Waals surface area contributed by atoms with Gasteiger partial charge in [-0.1, -0.05) is 60.7 Å². The fraction of sp³-hybridized carbons (Fsp3) is 0.130. The van der Waals surface area contributed by atoms with E-state index in [1.165, 1.54) is 12.4 Å². The molecule has 0 spiro atoms. The minimum absolute atomic E-state index is 0.0282. The minimum Gasteiger partial charge on any atom is -0.465 e. The highest BCUT2D eigenvalue weighted by atomic mass is 32.2. The van der Waals surface area contributed by atoms with Gasteiger partial charge in [-0.3, -0.25) is 4.79 Å². The molecular weight excluding hydrogens is 462 g/mol. The topological polar surface area (TPSA) is 127 Å². The third kappa shape index (κ3) is 4.89.